The molecule has 0 spiro atoms. The second kappa shape index (κ2) is 10.0. The van der Waals surface area contributed by atoms with E-state index < -0.39 is 6.09 Å². The third-order valence-corrected chi connectivity index (χ3v) is 6.08. The molecule has 1 aliphatic heterocycles. The summed E-state index contributed by atoms with van der Waals surface area (Å²) < 4.78 is 17.9. The van der Waals surface area contributed by atoms with Crippen LogP contribution in [0.15, 0.2) is 48.2 Å². The fraction of sp³-hybridized carbons (Fsp3) is 0.273. The lowest BCUT2D eigenvalue weighted by Crippen LogP contribution is -2.38. The van der Waals surface area contributed by atoms with Crippen LogP contribution in [0, 0.1) is 0 Å². The Morgan fingerprint density at radius 2 is 2.03 bits per heavy atom. The van der Waals surface area contributed by atoms with Crippen LogP contribution in [0.4, 0.5) is 16.3 Å². The zero-order chi connectivity index (χ0) is 23.3. The number of rotatable bonds is 8. The molecule has 4 heterocycles. The van der Waals surface area contributed by atoms with Crippen LogP contribution in [-0.4, -0.2) is 70.0 Å². The van der Waals surface area contributed by atoms with Gasteiger partial charge in [-0.2, -0.15) is 5.10 Å². The highest BCUT2D eigenvalue weighted by molar-refractivity contribution is 7.12. The molecule has 11 nitrogen and oxygen atoms in total. The number of amides is 1. The Balaban J connectivity index is 1.25. The third-order valence-electron chi connectivity index (χ3n) is 5.27. The Morgan fingerprint density at radius 3 is 2.82 bits per heavy atom. The largest absolute Gasteiger partial charge is 0.492 e. The van der Waals surface area contributed by atoms with Gasteiger partial charge in [0.1, 0.15) is 18.7 Å². The highest BCUT2D eigenvalue weighted by Crippen LogP contribution is 2.32. The number of thiophene rings is 1. The molecule has 3 aromatic heterocycles. The van der Waals surface area contributed by atoms with Crippen LogP contribution < -0.4 is 20.5 Å². The lowest BCUT2D eigenvalue weighted by Gasteiger charge is -2.26. The number of hydrogen-bond donors (Lipinski definition) is 2. The molecule has 176 valence electrons. The molecule has 0 saturated carbocycles. The molecule has 1 aromatic carbocycles. The molecule has 1 fully saturated rings. The second-order valence-electron chi connectivity index (χ2n) is 7.51. The lowest BCUT2D eigenvalue weighted by molar-refractivity contribution is 0.0322. The molecule has 0 radical (unpaired) electrons. The summed E-state index contributed by atoms with van der Waals surface area (Å²) in [5.74, 6) is 1.37. The van der Waals surface area contributed by atoms with Crippen molar-refractivity contribution in [1.29, 1.82) is 0 Å². The van der Waals surface area contributed by atoms with Gasteiger partial charge in [0.15, 0.2) is 16.5 Å². The fourth-order valence-electron chi connectivity index (χ4n) is 3.59. The van der Waals surface area contributed by atoms with Crippen LogP contribution in [0.25, 0.3) is 16.9 Å². The summed E-state index contributed by atoms with van der Waals surface area (Å²) >= 11 is 1.26. The maximum atomic E-state index is 11.0. The standard InChI is InChI=1S/C22H23N7O4S/c23-22(30)33-19-11-15(13-34-19)18-12-24-20(21-25-14-26-29(18)21)27-16-1-3-17(4-2-16)32-10-7-28-5-8-31-9-6-28/h1-4,11-14H,5-10H2,(H2,23,30)(H,24,27). The number of ether oxygens (including phenoxy) is 3. The van der Waals surface area contributed by atoms with E-state index in [1.807, 2.05) is 29.6 Å². The van der Waals surface area contributed by atoms with Gasteiger partial charge in [0.25, 0.3) is 0 Å². The lowest BCUT2D eigenvalue weighted by atomic mass is 10.2. The van der Waals surface area contributed by atoms with Crippen molar-refractivity contribution in [1.82, 2.24) is 24.5 Å². The van der Waals surface area contributed by atoms with E-state index in [0.717, 1.165) is 49.8 Å². The minimum absolute atomic E-state index is 0.394. The van der Waals surface area contributed by atoms with Crippen molar-refractivity contribution in [3.63, 3.8) is 0 Å². The van der Waals surface area contributed by atoms with Crippen LogP contribution in [0.5, 0.6) is 10.8 Å². The number of benzene rings is 1. The zero-order valence-electron chi connectivity index (χ0n) is 18.2. The summed E-state index contributed by atoms with van der Waals surface area (Å²) in [6.07, 6.45) is 2.29. The number of anilines is 2. The molecule has 0 unspecified atom stereocenters. The smallest absolute Gasteiger partial charge is 0.410 e. The van der Waals surface area contributed by atoms with Crippen molar-refractivity contribution in [2.24, 2.45) is 5.73 Å². The van der Waals surface area contributed by atoms with Gasteiger partial charge in [0, 0.05) is 42.3 Å². The van der Waals surface area contributed by atoms with E-state index >= 15 is 0 Å². The maximum Gasteiger partial charge on any atom is 0.410 e. The van der Waals surface area contributed by atoms with Crippen molar-refractivity contribution >= 4 is 34.6 Å². The van der Waals surface area contributed by atoms with E-state index in [1.165, 1.54) is 17.7 Å². The fourth-order valence-corrected chi connectivity index (χ4v) is 4.35. The molecule has 1 aliphatic rings. The van der Waals surface area contributed by atoms with Gasteiger partial charge in [0.05, 0.1) is 25.1 Å². The predicted molar refractivity (Wildman–Crippen MR) is 127 cm³/mol. The first-order valence-electron chi connectivity index (χ1n) is 10.7. The van der Waals surface area contributed by atoms with Gasteiger partial charge in [-0.05, 0) is 24.3 Å². The molecule has 4 aromatic rings. The second-order valence-corrected chi connectivity index (χ2v) is 8.39. The molecule has 1 saturated heterocycles. The number of morpholine rings is 1. The van der Waals surface area contributed by atoms with Crippen molar-refractivity contribution in [3.8, 4) is 22.1 Å². The first-order chi connectivity index (χ1) is 16.7. The van der Waals surface area contributed by atoms with Gasteiger partial charge in [-0.3, -0.25) is 4.90 Å². The quantitative estimate of drug-likeness (QED) is 0.390. The highest BCUT2D eigenvalue weighted by atomic mass is 32.1. The maximum absolute atomic E-state index is 11.0. The Hall–Kier alpha value is -3.74. The van der Waals surface area contributed by atoms with Crippen LogP contribution in [-0.2, 0) is 4.74 Å². The number of nitrogens with zero attached hydrogens (tertiary/aromatic N) is 5. The number of carbonyl (C=O) groups is 1. The molecular weight excluding hydrogens is 458 g/mol. The van der Waals surface area contributed by atoms with Crippen molar-refractivity contribution < 1.29 is 19.0 Å². The van der Waals surface area contributed by atoms with Gasteiger partial charge in [0.2, 0.25) is 0 Å². The molecule has 0 bridgehead atoms. The van der Waals surface area contributed by atoms with Crippen molar-refractivity contribution in [2.75, 3.05) is 44.8 Å². The molecule has 0 atom stereocenters. The minimum Gasteiger partial charge on any atom is -0.492 e. The van der Waals surface area contributed by atoms with Gasteiger partial charge >= 0.3 is 6.09 Å². The van der Waals surface area contributed by atoms with Gasteiger partial charge in [-0.1, -0.05) is 0 Å². The zero-order valence-corrected chi connectivity index (χ0v) is 19.0. The topological polar surface area (TPSA) is 129 Å². The first-order valence-corrected chi connectivity index (χ1v) is 11.6. The Labute approximate surface area is 199 Å². The SMILES string of the molecule is NC(=O)Oc1cc(-c2cnc(Nc3ccc(OCCN4CCOCC4)cc3)c3ncnn23)cs1. The first kappa shape index (κ1) is 22.1. The summed E-state index contributed by atoms with van der Waals surface area (Å²) in [5, 5.41) is 9.83. The number of nitrogens with one attached hydrogen (secondary N) is 1. The van der Waals surface area contributed by atoms with E-state index in [-0.39, 0.29) is 0 Å². The summed E-state index contributed by atoms with van der Waals surface area (Å²) in [6, 6.07) is 9.40. The Morgan fingerprint density at radius 1 is 1.21 bits per heavy atom. The van der Waals surface area contributed by atoms with Crippen LogP contribution >= 0.6 is 11.3 Å². The number of aromatic nitrogens is 4. The number of fused-ring (bicyclic) bond motifs is 1. The molecule has 34 heavy (non-hydrogen) atoms. The van der Waals surface area contributed by atoms with Gasteiger partial charge in [-0.15, -0.1) is 11.3 Å². The third kappa shape index (κ3) is 5.09. The monoisotopic (exact) mass is 481 g/mol. The summed E-state index contributed by atoms with van der Waals surface area (Å²) in [4.78, 5) is 22.2. The summed E-state index contributed by atoms with van der Waals surface area (Å²) in [7, 11) is 0. The van der Waals surface area contributed by atoms with Crippen LogP contribution in [0.1, 0.15) is 0 Å². The van der Waals surface area contributed by atoms with Gasteiger partial charge in [-0.25, -0.2) is 19.3 Å². The molecular formula is C22H23N7O4S. The predicted octanol–water partition coefficient (Wildman–Crippen LogP) is 2.76. The average molecular weight is 482 g/mol. The Bertz CT molecular complexity index is 1270. The Kier molecular flexibility index (Phi) is 6.51. The minimum atomic E-state index is -0.856. The number of carbonyl (C=O) groups excluding carboxylic acids is 1. The van der Waals surface area contributed by atoms with E-state index in [4.69, 9.17) is 19.9 Å². The molecule has 3 N–H and O–H groups in total. The molecule has 1 amide bonds. The van der Waals surface area contributed by atoms with E-state index in [0.29, 0.717) is 28.8 Å². The van der Waals surface area contributed by atoms with Crippen LogP contribution in [0.3, 0.4) is 0 Å². The molecule has 12 heteroatoms. The summed E-state index contributed by atoms with van der Waals surface area (Å²) in [5.41, 5.74) is 7.99. The number of nitrogens with two attached hydrogens (primary N) is 1. The summed E-state index contributed by atoms with van der Waals surface area (Å²) in [6.45, 7) is 4.97. The highest BCUT2D eigenvalue weighted by Gasteiger charge is 2.14. The molecule has 0 aliphatic carbocycles. The van der Waals surface area contributed by atoms with Gasteiger partial charge < -0.3 is 25.3 Å². The van der Waals surface area contributed by atoms with E-state index in [9.17, 15) is 4.79 Å². The van der Waals surface area contributed by atoms with Crippen LogP contribution in [0.2, 0.25) is 0 Å². The number of hydrogen-bond acceptors (Lipinski definition) is 10. The number of primary amides is 1. The average Bonchev–Trinajstić information content (AvgIpc) is 3.51. The van der Waals surface area contributed by atoms with Crippen molar-refractivity contribution in [2.45, 2.75) is 0 Å². The van der Waals surface area contributed by atoms with E-state index in [1.54, 1.807) is 16.8 Å². The molecule has 5 rings (SSSR count). The van der Waals surface area contributed by atoms with Crippen molar-refractivity contribution in [3.05, 3.63) is 48.2 Å². The van der Waals surface area contributed by atoms with E-state index in [2.05, 4.69) is 25.3 Å². The normalized spacial score (nSPS) is 14.2.